The third-order valence-corrected chi connectivity index (χ3v) is 12.8. The van der Waals surface area contributed by atoms with Crippen LogP contribution in [0.25, 0.3) is 88.1 Å². The van der Waals surface area contributed by atoms with Gasteiger partial charge in [0.15, 0.2) is 5.58 Å². The number of hydrogen-bond acceptors (Lipinski definition) is 1. The minimum absolute atomic E-state index is 0.466. The molecule has 0 spiro atoms. The predicted octanol–water partition coefficient (Wildman–Crippen LogP) is 14.1. The Kier molecular flexibility index (Phi) is 6.37. The first-order chi connectivity index (χ1) is 28.8. The molecule has 1 aliphatic rings. The van der Waals surface area contributed by atoms with Gasteiger partial charge in [0.25, 0.3) is 0 Å². The number of para-hydroxylation sites is 4. The Morgan fingerprint density at radius 3 is 1.50 bits per heavy atom. The van der Waals surface area contributed by atoms with Crippen molar-refractivity contribution in [3.63, 3.8) is 0 Å². The van der Waals surface area contributed by atoms with Crippen molar-refractivity contribution in [2.24, 2.45) is 0 Å². The molecule has 270 valence electrons. The molecule has 12 aromatic rings. The van der Waals surface area contributed by atoms with Gasteiger partial charge in [-0.15, -0.1) is 0 Å². The van der Waals surface area contributed by atoms with Crippen LogP contribution in [-0.4, -0.2) is 9.13 Å². The molecule has 0 bridgehead atoms. The minimum Gasteiger partial charge on any atom is -0.454 e. The van der Waals surface area contributed by atoms with Crippen molar-refractivity contribution in [3.8, 4) is 22.5 Å². The lowest BCUT2D eigenvalue weighted by molar-refractivity contribution is 0.671. The van der Waals surface area contributed by atoms with Gasteiger partial charge < -0.3 is 13.6 Å². The number of aromatic nitrogens is 2. The summed E-state index contributed by atoms with van der Waals surface area (Å²) in [6.45, 7) is 0. The molecular weight excluding hydrogens is 705 g/mol. The summed E-state index contributed by atoms with van der Waals surface area (Å²) >= 11 is 0. The highest BCUT2D eigenvalue weighted by Gasteiger charge is 2.45. The first-order valence-electron chi connectivity index (χ1n) is 20.0. The van der Waals surface area contributed by atoms with Gasteiger partial charge in [0.05, 0.1) is 27.5 Å². The smallest absolute Gasteiger partial charge is 0.160 e. The Balaban J connectivity index is 1.17. The lowest BCUT2D eigenvalue weighted by Gasteiger charge is -2.34. The fourth-order valence-corrected chi connectivity index (χ4v) is 10.6. The van der Waals surface area contributed by atoms with Crippen molar-refractivity contribution in [3.05, 3.63) is 229 Å². The maximum atomic E-state index is 6.98. The lowest BCUT2D eigenvalue weighted by atomic mass is 9.68. The third-order valence-electron chi connectivity index (χ3n) is 12.8. The Labute approximate surface area is 334 Å². The van der Waals surface area contributed by atoms with Gasteiger partial charge >= 0.3 is 0 Å². The number of rotatable bonds is 4. The molecule has 0 saturated carbocycles. The summed E-state index contributed by atoms with van der Waals surface area (Å²) in [5.41, 5.74) is 15.8. The van der Waals surface area contributed by atoms with Crippen LogP contribution in [0.3, 0.4) is 0 Å². The lowest BCUT2D eigenvalue weighted by Crippen LogP contribution is -2.28. The molecule has 3 aromatic heterocycles. The number of benzene rings is 9. The van der Waals surface area contributed by atoms with Crippen molar-refractivity contribution in [2.75, 3.05) is 0 Å². The van der Waals surface area contributed by atoms with E-state index in [2.05, 4.69) is 215 Å². The number of hydrogen-bond donors (Lipinski definition) is 0. The van der Waals surface area contributed by atoms with Gasteiger partial charge in [-0.2, -0.15) is 0 Å². The SMILES string of the molecule is c1ccc(-n2c3ccccc3c3c2c2oc4ccccc4c2c2c4ccccc4n(-c4ccc(C5(c6ccccc6)c6ccccc6-c6ccccc65)cc4)c23)cc1. The molecule has 1 aliphatic carbocycles. The third kappa shape index (κ3) is 3.97. The molecule has 0 N–H and O–H groups in total. The topological polar surface area (TPSA) is 23.0 Å². The van der Waals surface area contributed by atoms with E-state index in [4.69, 9.17) is 4.42 Å². The molecule has 13 rings (SSSR count). The summed E-state index contributed by atoms with van der Waals surface area (Å²) in [5, 5.41) is 7.05. The molecular formula is C55H34N2O. The second kappa shape index (κ2) is 11.7. The summed E-state index contributed by atoms with van der Waals surface area (Å²) in [4.78, 5) is 0. The van der Waals surface area contributed by atoms with Crippen LogP contribution in [0.1, 0.15) is 22.3 Å². The Morgan fingerprint density at radius 2 is 0.828 bits per heavy atom. The molecule has 0 fully saturated rings. The highest BCUT2D eigenvalue weighted by Crippen LogP contribution is 2.56. The van der Waals surface area contributed by atoms with Crippen LogP contribution in [0.5, 0.6) is 0 Å². The normalized spacial score (nSPS) is 13.3. The van der Waals surface area contributed by atoms with Crippen molar-refractivity contribution >= 4 is 65.6 Å². The van der Waals surface area contributed by atoms with Crippen molar-refractivity contribution in [1.29, 1.82) is 0 Å². The van der Waals surface area contributed by atoms with Crippen LogP contribution in [0.15, 0.2) is 211 Å². The van der Waals surface area contributed by atoms with Crippen LogP contribution >= 0.6 is 0 Å². The molecule has 0 amide bonds. The van der Waals surface area contributed by atoms with Crippen molar-refractivity contribution in [1.82, 2.24) is 9.13 Å². The molecule has 58 heavy (non-hydrogen) atoms. The standard InChI is InChI=1S/C55H34N2O/c1-3-17-35(18-4-1)55(44-26-12-7-21-39(44)40-22-8-13-27-45(40)55)36-31-33-38(34-32-36)56-46-28-14-9-23-41(46)49-50-43-25-11-16-30-48(43)58-54(50)53-51(52(49)56)42-24-10-15-29-47(42)57(53)37-19-5-2-6-20-37/h1-34H. The molecule has 0 atom stereocenters. The number of nitrogens with zero attached hydrogens (tertiary/aromatic N) is 2. The van der Waals surface area contributed by atoms with E-state index in [1.54, 1.807) is 0 Å². The van der Waals surface area contributed by atoms with E-state index in [-0.39, 0.29) is 0 Å². The molecule has 3 heteroatoms. The molecule has 0 unspecified atom stereocenters. The van der Waals surface area contributed by atoms with Crippen LogP contribution in [0.4, 0.5) is 0 Å². The first kappa shape index (κ1) is 31.6. The first-order valence-corrected chi connectivity index (χ1v) is 20.0. The van der Waals surface area contributed by atoms with Crippen LogP contribution in [-0.2, 0) is 5.41 Å². The van der Waals surface area contributed by atoms with Gasteiger partial charge in [-0.1, -0.05) is 164 Å². The van der Waals surface area contributed by atoms with Crippen LogP contribution in [0, 0.1) is 0 Å². The van der Waals surface area contributed by atoms with E-state index in [0.717, 1.165) is 49.9 Å². The summed E-state index contributed by atoms with van der Waals surface area (Å²) in [5.74, 6) is 0. The Morgan fingerprint density at radius 1 is 0.345 bits per heavy atom. The fraction of sp³-hybridized carbons (Fsp3) is 0.0182. The Hall–Kier alpha value is -7.62. The van der Waals surface area contributed by atoms with Gasteiger partial charge in [-0.3, -0.25) is 0 Å². The van der Waals surface area contributed by atoms with E-state index in [0.29, 0.717) is 0 Å². The van der Waals surface area contributed by atoms with Crippen molar-refractivity contribution in [2.45, 2.75) is 5.41 Å². The second-order valence-corrected chi connectivity index (χ2v) is 15.5. The molecule has 3 nitrogen and oxygen atoms in total. The van der Waals surface area contributed by atoms with Gasteiger partial charge in [0.1, 0.15) is 5.58 Å². The van der Waals surface area contributed by atoms with Crippen LogP contribution < -0.4 is 0 Å². The van der Waals surface area contributed by atoms with E-state index in [1.165, 1.54) is 60.4 Å². The van der Waals surface area contributed by atoms with E-state index in [9.17, 15) is 0 Å². The largest absolute Gasteiger partial charge is 0.454 e. The van der Waals surface area contributed by atoms with Crippen LogP contribution in [0.2, 0.25) is 0 Å². The highest BCUT2D eigenvalue weighted by atomic mass is 16.3. The molecule has 0 saturated heterocycles. The second-order valence-electron chi connectivity index (χ2n) is 15.5. The monoisotopic (exact) mass is 738 g/mol. The molecule has 9 aromatic carbocycles. The van der Waals surface area contributed by atoms with E-state index >= 15 is 0 Å². The van der Waals surface area contributed by atoms with Gasteiger partial charge in [0.2, 0.25) is 0 Å². The summed E-state index contributed by atoms with van der Waals surface area (Å²) in [6, 6.07) is 75.3. The molecule has 0 aliphatic heterocycles. The minimum atomic E-state index is -0.466. The van der Waals surface area contributed by atoms with Gasteiger partial charge in [-0.25, -0.2) is 0 Å². The molecule has 3 heterocycles. The quantitative estimate of drug-likeness (QED) is 0.176. The average molecular weight is 739 g/mol. The van der Waals surface area contributed by atoms with Gasteiger partial charge in [-0.05, 0) is 75.8 Å². The van der Waals surface area contributed by atoms with Gasteiger partial charge in [0, 0.05) is 43.7 Å². The predicted molar refractivity (Wildman–Crippen MR) is 240 cm³/mol. The number of furan rings is 1. The maximum Gasteiger partial charge on any atom is 0.160 e. The average Bonchev–Trinajstić information content (AvgIpc) is 4.03. The maximum absolute atomic E-state index is 6.98. The summed E-state index contributed by atoms with van der Waals surface area (Å²) in [7, 11) is 0. The Bertz CT molecular complexity index is 3560. The zero-order chi connectivity index (χ0) is 38.0. The van der Waals surface area contributed by atoms with E-state index in [1.807, 2.05) is 0 Å². The van der Waals surface area contributed by atoms with Crippen molar-refractivity contribution < 1.29 is 4.42 Å². The summed E-state index contributed by atoms with van der Waals surface area (Å²) < 4.78 is 11.9. The fourth-order valence-electron chi connectivity index (χ4n) is 10.6. The molecule has 0 radical (unpaired) electrons. The van der Waals surface area contributed by atoms with E-state index < -0.39 is 5.41 Å². The number of fused-ring (bicyclic) bond motifs is 15. The highest BCUT2D eigenvalue weighted by molar-refractivity contribution is 6.39. The summed E-state index contributed by atoms with van der Waals surface area (Å²) in [6.07, 6.45) is 0. The zero-order valence-corrected chi connectivity index (χ0v) is 31.4. The zero-order valence-electron chi connectivity index (χ0n) is 31.4.